The van der Waals surface area contributed by atoms with Gasteiger partial charge in [0.1, 0.15) is 0 Å². The number of hydrogen-bond donors (Lipinski definition) is 0. The number of hydrogen-bond acceptors (Lipinski definition) is 0. The van der Waals surface area contributed by atoms with Crippen molar-refractivity contribution >= 4 is 80.4 Å². The summed E-state index contributed by atoms with van der Waals surface area (Å²) in [7, 11) is 0. The van der Waals surface area contributed by atoms with E-state index < -0.39 is 5.43 Å². The third kappa shape index (κ3) is 6.87. The Bertz CT molecular complexity index is 2370. The van der Waals surface area contributed by atoms with E-state index in [1.165, 1.54) is 75.0 Å². The van der Waals surface area contributed by atoms with Crippen molar-refractivity contribution in [2.24, 2.45) is 0 Å². The molecule has 10 aromatic rings. The Kier molecular flexibility index (Phi) is 11.5. The minimum absolute atomic E-state index is 0. The first-order valence-electron chi connectivity index (χ1n) is 16.4. The second-order valence-corrected chi connectivity index (χ2v) is 17.6. The summed E-state index contributed by atoms with van der Waals surface area (Å²) in [6.45, 7) is 0. The monoisotopic (exact) mass is 772 g/mol. The first kappa shape index (κ1) is 35.5. The van der Waals surface area contributed by atoms with Gasteiger partial charge in [0.25, 0.3) is 0 Å². The molecular weight excluding hydrogens is 743 g/mol. The van der Waals surface area contributed by atoms with Crippen LogP contribution in [0.25, 0.3) is 64.6 Å². The fourth-order valence-electron chi connectivity index (χ4n) is 6.97. The van der Waals surface area contributed by atoms with Crippen LogP contribution in [0.2, 0.25) is 0 Å². The zero-order valence-electron chi connectivity index (χ0n) is 27.2. The first-order valence-corrected chi connectivity index (χ1v) is 21.6. The molecule has 50 heavy (non-hydrogen) atoms. The van der Waals surface area contributed by atoms with Crippen LogP contribution < -0.4 is 35.2 Å². The molecule has 0 atom stereocenters. The van der Waals surface area contributed by atoms with Gasteiger partial charge in [-0.15, -0.1) is 33.7 Å². The van der Waals surface area contributed by atoms with Crippen LogP contribution in [0.1, 0.15) is 0 Å². The molecule has 0 saturated heterocycles. The maximum atomic E-state index is 2.25. The maximum Gasteiger partial charge on any atom is -0.0293 e. The van der Waals surface area contributed by atoms with Gasteiger partial charge in [-0.25, -0.2) is 0 Å². The summed E-state index contributed by atoms with van der Waals surface area (Å²) in [5, 5.41) is 19.3. The van der Waals surface area contributed by atoms with Crippen LogP contribution in [0, 0.1) is 0 Å². The minimum atomic E-state index is -0.455. The van der Waals surface area contributed by atoms with Crippen molar-refractivity contribution in [3.8, 4) is 0 Å². The van der Waals surface area contributed by atoms with Crippen molar-refractivity contribution in [3.63, 3.8) is 0 Å². The largest absolute Gasteiger partial charge is 0.168 e. The van der Waals surface area contributed by atoms with E-state index >= 15 is 0 Å². The second kappa shape index (κ2) is 16.2. The molecule has 10 rings (SSSR count). The van der Waals surface area contributed by atoms with Gasteiger partial charge in [0.15, 0.2) is 0 Å². The summed E-state index contributed by atoms with van der Waals surface area (Å²) in [5.41, 5.74) is -0.455. The van der Waals surface area contributed by atoms with Crippen molar-refractivity contribution in [3.05, 3.63) is 194 Å². The van der Waals surface area contributed by atoms with Gasteiger partial charge in [-0.3, -0.25) is 0 Å². The molecule has 0 amide bonds. The van der Waals surface area contributed by atoms with Crippen LogP contribution >= 0.6 is 0 Å². The Hall–Kier alpha value is -4.30. The molecule has 10 aromatic carbocycles. The molecule has 240 valence electrons. The van der Waals surface area contributed by atoms with Crippen LogP contribution in [0.4, 0.5) is 0 Å². The number of rotatable bonds is 2. The van der Waals surface area contributed by atoms with Crippen molar-refractivity contribution in [2.75, 3.05) is 0 Å². The Morgan fingerprint density at radius 3 is 0.860 bits per heavy atom. The molecule has 0 N–H and O–H groups in total. The molecule has 0 unspecified atom stereocenters. The molecule has 0 bridgehead atoms. The minimum Gasteiger partial charge on any atom is -0.168 e. The third-order valence-corrected chi connectivity index (χ3v) is 15.3. The summed E-state index contributed by atoms with van der Waals surface area (Å²) in [4.78, 5) is 0. The molecular formula is C46H32Cl2SiZr-2. The molecule has 0 aliphatic carbocycles. The molecule has 0 saturated carbocycles. The van der Waals surface area contributed by atoms with Crippen LogP contribution in [-0.4, -0.2) is 5.43 Å². The fraction of sp³-hybridized carbons (Fsp3) is 0. The van der Waals surface area contributed by atoms with Crippen LogP contribution in [0.15, 0.2) is 194 Å². The molecule has 0 fully saturated rings. The average Bonchev–Trinajstić information content (AvgIpc) is 3.88. The van der Waals surface area contributed by atoms with Gasteiger partial charge in [0.2, 0.25) is 0 Å². The van der Waals surface area contributed by atoms with Crippen molar-refractivity contribution in [1.82, 2.24) is 0 Å². The predicted octanol–water partition coefficient (Wildman–Crippen LogP) is 5.08. The first-order chi connectivity index (χ1) is 23.8. The predicted molar refractivity (Wildman–Crippen MR) is 207 cm³/mol. The Morgan fingerprint density at radius 1 is 0.300 bits per heavy atom. The van der Waals surface area contributed by atoms with Crippen molar-refractivity contribution < 1.29 is 48.1 Å². The quantitative estimate of drug-likeness (QED) is 0.131. The average molecular weight is 775 g/mol. The number of fused-ring (bicyclic) bond motifs is 12. The van der Waals surface area contributed by atoms with E-state index in [4.69, 9.17) is 0 Å². The molecule has 0 aromatic heterocycles. The molecule has 4 heteroatoms. The summed E-state index contributed by atoms with van der Waals surface area (Å²) in [5.74, 6) is 0. The van der Waals surface area contributed by atoms with Crippen molar-refractivity contribution in [1.29, 1.82) is 0 Å². The van der Waals surface area contributed by atoms with E-state index in [9.17, 15) is 0 Å². The second-order valence-electron chi connectivity index (χ2n) is 12.0. The van der Waals surface area contributed by atoms with E-state index in [0.717, 1.165) is 0 Å². The van der Waals surface area contributed by atoms with Crippen molar-refractivity contribution in [2.45, 2.75) is 0 Å². The van der Waals surface area contributed by atoms with Gasteiger partial charge in [0.05, 0.1) is 0 Å². The summed E-state index contributed by atoms with van der Waals surface area (Å²) < 4.78 is 0. The summed E-state index contributed by atoms with van der Waals surface area (Å²) in [6.07, 6.45) is 0. The van der Waals surface area contributed by atoms with E-state index in [1.54, 1.807) is 23.3 Å². The zero-order valence-corrected chi connectivity index (χ0v) is 32.2. The van der Waals surface area contributed by atoms with Gasteiger partial charge in [0, 0.05) is 0 Å². The van der Waals surface area contributed by atoms with E-state index in [2.05, 4.69) is 194 Å². The fourth-order valence-corrected chi connectivity index (χ4v) is 10.8. The summed E-state index contributed by atoms with van der Waals surface area (Å²) >= 11 is 1.64. The van der Waals surface area contributed by atoms with Crippen LogP contribution in [-0.2, 0) is 23.3 Å². The zero-order chi connectivity index (χ0) is 32.3. The molecule has 0 nitrogen and oxygen atoms in total. The number of halogens is 2. The molecule has 0 radical (unpaired) electrons. The van der Waals surface area contributed by atoms with Gasteiger partial charge in [-0.05, 0) is 10.8 Å². The van der Waals surface area contributed by atoms with Crippen LogP contribution in [0.3, 0.4) is 0 Å². The summed E-state index contributed by atoms with van der Waals surface area (Å²) in [6, 6.07) is 69.4. The molecule has 0 heterocycles. The molecule has 0 aliphatic heterocycles. The van der Waals surface area contributed by atoms with E-state index in [1.807, 2.05) is 0 Å². The van der Waals surface area contributed by atoms with Gasteiger partial charge in [-0.2, -0.15) is 24.3 Å². The Balaban J connectivity index is 0.000000128. The van der Waals surface area contributed by atoms with Gasteiger partial charge >= 0.3 is 99.8 Å². The van der Waals surface area contributed by atoms with Gasteiger partial charge in [-0.1, -0.05) is 129 Å². The van der Waals surface area contributed by atoms with E-state index in [-0.39, 0.29) is 24.8 Å². The molecule has 0 spiro atoms. The maximum absolute atomic E-state index is 2.25. The smallest absolute Gasteiger partial charge is 0.0293 e. The SMILES string of the molecule is [Cl-].[Cl-].[Zr+2]=[Si](c1ccccc1)c1ccccc1.c1ccc2c(c1)c1ccccc1c1[cH-]ccc21.c1ccc2c(c1)c1ccccc1c1[cH-]ccc21. The Morgan fingerprint density at radius 2 is 0.540 bits per heavy atom. The standard InChI is InChI=1S/2C17H11.C12H10Si.2ClH.Zr/c2*1-3-8-14-12(6-1)13-7-2-4-9-15(13)17-11-5-10-16(14)17;1-3-7-11(8-4-1)13-12-9-5-2-6-10-12;;;/h2*1-11H;1-10H;2*1H;/q2*-1;;;;+2/p-2. The normalized spacial score (nSPS) is 10.6. The van der Waals surface area contributed by atoms with Crippen LogP contribution in [0.5, 0.6) is 0 Å². The molecule has 0 aliphatic rings. The van der Waals surface area contributed by atoms with E-state index in [0.29, 0.717) is 0 Å². The van der Waals surface area contributed by atoms with Gasteiger partial charge < -0.3 is 24.8 Å². The number of benzene rings is 8. The topological polar surface area (TPSA) is 0 Å². The Labute approximate surface area is 320 Å². The third-order valence-electron chi connectivity index (χ3n) is 9.21.